The van der Waals surface area contributed by atoms with E-state index in [4.69, 9.17) is 0 Å². The summed E-state index contributed by atoms with van der Waals surface area (Å²) in [5.41, 5.74) is -22.6. The molecule has 0 N–H and O–H groups in total. The van der Waals surface area contributed by atoms with E-state index in [1.54, 1.807) is 6.07 Å². The zero-order chi connectivity index (χ0) is 41.9. The van der Waals surface area contributed by atoms with Gasteiger partial charge in [-0.15, -0.1) is 0 Å². The third-order valence-corrected chi connectivity index (χ3v) is 8.04. The molecule has 5 rings (SSSR count). The number of pyridine rings is 2. The van der Waals surface area contributed by atoms with Crippen LogP contribution in [0.3, 0.4) is 0 Å². The van der Waals surface area contributed by atoms with E-state index in [1.165, 1.54) is 36.4 Å². The van der Waals surface area contributed by atoms with Gasteiger partial charge in [-0.3, -0.25) is 0 Å². The van der Waals surface area contributed by atoms with Crippen molar-refractivity contribution >= 4 is 33.4 Å². The highest BCUT2D eigenvalue weighted by molar-refractivity contribution is 6.31. The van der Waals surface area contributed by atoms with Crippen LogP contribution in [0.2, 0.25) is 0 Å². The Balaban J connectivity index is 2.04. The summed E-state index contributed by atoms with van der Waals surface area (Å²) in [6, 6.07) is 10.8. The molecule has 0 bridgehead atoms. The molecule has 3 aromatic rings. The van der Waals surface area contributed by atoms with Crippen LogP contribution in [0.15, 0.2) is 41.5 Å². The molecule has 2 aliphatic rings. The molecule has 21 heteroatoms. The summed E-state index contributed by atoms with van der Waals surface area (Å²) in [5.74, 6) is 0. The van der Waals surface area contributed by atoms with Crippen molar-refractivity contribution in [1.82, 2.24) is 9.97 Å². The molecular formula is C35H5F12N9. The molecule has 9 nitrogen and oxygen atoms in total. The third-order valence-electron chi connectivity index (χ3n) is 8.04. The summed E-state index contributed by atoms with van der Waals surface area (Å²) in [6.45, 7) is 0. The number of hydrogen-bond donors (Lipinski definition) is 0. The molecule has 0 atom stereocenters. The first-order valence-corrected chi connectivity index (χ1v) is 14.4. The van der Waals surface area contributed by atoms with Gasteiger partial charge in [0.05, 0.1) is 16.7 Å². The zero-order valence-corrected chi connectivity index (χ0v) is 26.4. The minimum absolute atomic E-state index is 0.0350. The normalized spacial score (nSPS) is 13.7. The first kappa shape index (κ1) is 39.3. The lowest BCUT2D eigenvalue weighted by Gasteiger charge is -2.16. The average Bonchev–Trinajstić information content (AvgIpc) is 3.62. The summed E-state index contributed by atoms with van der Waals surface area (Å²) >= 11 is 0. The molecule has 56 heavy (non-hydrogen) atoms. The summed E-state index contributed by atoms with van der Waals surface area (Å²) in [5, 5.41) is 70.7. The zero-order valence-electron chi connectivity index (χ0n) is 26.4. The van der Waals surface area contributed by atoms with E-state index >= 15 is 0 Å². The van der Waals surface area contributed by atoms with Crippen molar-refractivity contribution in [3.05, 3.63) is 103 Å². The number of hydrogen-bond acceptors (Lipinski definition) is 9. The van der Waals surface area contributed by atoms with Crippen molar-refractivity contribution in [3.63, 3.8) is 0 Å². The van der Waals surface area contributed by atoms with Crippen LogP contribution < -0.4 is 0 Å². The van der Waals surface area contributed by atoms with Crippen molar-refractivity contribution in [2.45, 2.75) is 24.7 Å². The molecule has 0 saturated heterocycles. The number of alkyl halides is 12. The van der Waals surface area contributed by atoms with E-state index in [1.807, 2.05) is 0 Å². The Labute approximate surface area is 303 Å². The van der Waals surface area contributed by atoms with Gasteiger partial charge in [-0.1, -0.05) is 0 Å². The van der Waals surface area contributed by atoms with Gasteiger partial charge in [-0.2, -0.15) is 89.5 Å². The molecule has 2 heterocycles. The average molecular weight is 779 g/mol. The van der Waals surface area contributed by atoms with Gasteiger partial charge in [0.15, 0.2) is 0 Å². The van der Waals surface area contributed by atoms with Crippen molar-refractivity contribution in [2.24, 2.45) is 0 Å². The molecule has 1 aromatic carbocycles. The van der Waals surface area contributed by atoms with Crippen molar-refractivity contribution in [2.75, 3.05) is 0 Å². The molecule has 2 aliphatic carbocycles. The summed E-state index contributed by atoms with van der Waals surface area (Å²) in [6.07, 6.45) is -22.3. The highest BCUT2D eigenvalue weighted by Crippen LogP contribution is 2.57. The Kier molecular flexibility index (Phi) is 9.24. The molecule has 0 amide bonds. The van der Waals surface area contributed by atoms with Gasteiger partial charge in [-0.25, -0.2) is 9.97 Å². The Morgan fingerprint density at radius 3 is 1.11 bits per heavy atom. The Hall–Kier alpha value is -7.93. The number of aromatic nitrogens is 2. The van der Waals surface area contributed by atoms with Crippen LogP contribution in [0.4, 0.5) is 52.7 Å². The number of halogens is 12. The van der Waals surface area contributed by atoms with Crippen molar-refractivity contribution in [1.29, 1.82) is 36.8 Å². The smallest absolute Gasteiger partial charge is 0.239 e. The van der Waals surface area contributed by atoms with Crippen LogP contribution in [-0.2, 0) is 24.7 Å². The van der Waals surface area contributed by atoms with Crippen LogP contribution in [0.25, 0.3) is 33.4 Å². The predicted octanol–water partition coefficient (Wildman–Crippen LogP) is 8.92. The van der Waals surface area contributed by atoms with E-state index in [9.17, 15) is 89.5 Å². The lowest BCUT2D eigenvalue weighted by atomic mass is 9.86. The number of fused-ring (bicyclic) bond motifs is 2. The van der Waals surface area contributed by atoms with Crippen LogP contribution in [0.1, 0.15) is 61.7 Å². The number of benzene rings is 1. The van der Waals surface area contributed by atoms with E-state index in [2.05, 4.69) is 9.97 Å². The standard InChI is InChI=1S/C35H5F12N9/c36-32(37,38)22-1-13(2-23(55-22)33(39,40)41)26-19(10-52)17-5-18-28(15(6-48)7-49)27(14-3-24(34(42,43)44)56-25(4-14)35(45,46)47)20(11-53)30(18)21(12-54)31(17)29(26)16(8-50)9-51/h1-5H. The number of nitrogens with zero attached hydrogens (tertiary/aromatic N) is 9. The number of nitriles is 7. The first-order chi connectivity index (χ1) is 26.0. The van der Waals surface area contributed by atoms with Gasteiger partial charge < -0.3 is 0 Å². The van der Waals surface area contributed by atoms with Crippen LogP contribution in [0, 0.1) is 79.3 Å². The predicted molar refractivity (Wildman–Crippen MR) is 161 cm³/mol. The molecule has 0 aliphatic heterocycles. The van der Waals surface area contributed by atoms with Gasteiger partial charge in [0.2, 0.25) is 0 Å². The van der Waals surface area contributed by atoms with Gasteiger partial charge in [0, 0.05) is 39.0 Å². The number of allylic oxidation sites excluding steroid dienone is 8. The molecule has 274 valence electrons. The second-order valence-electron chi connectivity index (χ2n) is 11.1. The topological polar surface area (TPSA) is 192 Å². The van der Waals surface area contributed by atoms with Gasteiger partial charge >= 0.3 is 24.7 Å². The third kappa shape index (κ3) is 6.28. The lowest BCUT2D eigenvalue weighted by Crippen LogP contribution is -2.15. The van der Waals surface area contributed by atoms with Crippen LogP contribution >= 0.6 is 0 Å². The van der Waals surface area contributed by atoms with E-state index in [0.29, 0.717) is 0 Å². The molecule has 0 unspecified atom stereocenters. The largest absolute Gasteiger partial charge is 0.433 e. The van der Waals surface area contributed by atoms with Gasteiger partial charge in [0.25, 0.3) is 0 Å². The van der Waals surface area contributed by atoms with E-state index in [-0.39, 0.29) is 24.3 Å². The quantitative estimate of drug-likeness (QED) is 0.180. The first-order valence-electron chi connectivity index (χ1n) is 14.4. The fraction of sp³-hybridized carbons (Fsp3) is 0.114. The van der Waals surface area contributed by atoms with E-state index in [0.717, 1.165) is 6.07 Å². The summed E-state index contributed by atoms with van der Waals surface area (Å²) in [4.78, 5) is 5.16. The van der Waals surface area contributed by atoms with Gasteiger partial charge in [-0.05, 0) is 47.0 Å². The lowest BCUT2D eigenvalue weighted by molar-refractivity contribution is -0.151. The van der Waals surface area contributed by atoms with Crippen molar-refractivity contribution < 1.29 is 52.7 Å². The fourth-order valence-electron chi connectivity index (χ4n) is 6.00. The van der Waals surface area contributed by atoms with Crippen molar-refractivity contribution in [3.8, 4) is 42.5 Å². The molecule has 0 fully saturated rings. The van der Waals surface area contributed by atoms with E-state index < -0.39 is 131 Å². The molecular weight excluding hydrogens is 774 g/mol. The minimum Gasteiger partial charge on any atom is -0.239 e. The van der Waals surface area contributed by atoms with Gasteiger partial charge in [0.1, 0.15) is 76.4 Å². The highest BCUT2D eigenvalue weighted by atomic mass is 19.4. The SMILES string of the molecule is N#CC(C#N)=C1C(c2cc(C(F)(F)F)nc(C(F)(F)F)c2)=C(C#N)c2c1cc1c(c2C#N)C(=C(C#N)C#N)C(c2cc(C(F)(F)F)nc(C(F)(F)F)c2)=C1C#N. The van der Waals surface area contributed by atoms with Crippen LogP contribution in [0.5, 0.6) is 0 Å². The Morgan fingerprint density at radius 2 is 0.786 bits per heavy atom. The second kappa shape index (κ2) is 13.2. The highest BCUT2D eigenvalue weighted by Gasteiger charge is 2.45. The Bertz CT molecular complexity index is 2660. The fourth-order valence-corrected chi connectivity index (χ4v) is 6.00. The maximum absolute atomic E-state index is 13.9. The summed E-state index contributed by atoms with van der Waals surface area (Å²) in [7, 11) is 0. The Morgan fingerprint density at radius 1 is 0.429 bits per heavy atom. The van der Waals surface area contributed by atoms with Crippen LogP contribution in [-0.4, -0.2) is 9.97 Å². The molecule has 0 spiro atoms. The maximum Gasteiger partial charge on any atom is 0.433 e. The second-order valence-corrected chi connectivity index (χ2v) is 11.1. The summed E-state index contributed by atoms with van der Waals surface area (Å²) < 4.78 is 166. The monoisotopic (exact) mass is 779 g/mol. The maximum atomic E-state index is 13.9. The molecule has 2 aromatic heterocycles. The molecule has 0 saturated carbocycles. The molecule has 0 radical (unpaired) electrons. The number of rotatable bonds is 2. The minimum atomic E-state index is -5.57.